The van der Waals surface area contributed by atoms with E-state index in [2.05, 4.69) is 53.8 Å². The van der Waals surface area contributed by atoms with Crippen LogP contribution in [0, 0.1) is 0 Å². The van der Waals surface area contributed by atoms with Crippen molar-refractivity contribution < 1.29 is 38.1 Å². The van der Waals surface area contributed by atoms with Gasteiger partial charge in [-0.3, -0.25) is 9.80 Å². The first-order valence-electron chi connectivity index (χ1n) is 21.9. The highest BCUT2D eigenvalue weighted by atomic mass is 16.6. The van der Waals surface area contributed by atoms with Gasteiger partial charge in [-0.1, -0.05) is 84.9 Å². The molecule has 4 amide bonds. The molecule has 2 aromatic heterocycles. The van der Waals surface area contributed by atoms with E-state index < -0.39 is 47.9 Å². The maximum atomic E-state index is 13.2. The van der Waals surface area contributed by atoms with Crippen LogP contribution in [0.1, 0.15) is 87.3 Å². The van der Waals surface area contributed by atoms with Gasteiger partial charge in [0.1, 0.15) is 23.5 Å². The van der Waals surface area contributed by atoms with Crippen LogP contribution in [-0.2, 0) is 31.8 Å². The van der Waals surface area contributed by atoms with Crippen LogP contribution in [0.3, 0.4) is 0 Å². The van der Waals surface area contributed by atoms with Gasteiger partial charge in [-0.15, -0.1) is 0 Å². The van der Waals surface area contributed by atoms with Crippen LogP contribution >= 0.6 is 0 Å². The number of methoxy groups -OCH3 is 2. The van der Waals surface area contributed by atoms with E-state index in [0.29, 0.717) is 25.9 Å². The first-order valence-corrected chi connectivity index (χ1v) is 21.9. The van der Waals surface area contributed by atoms with Gasteiger partial charge in [0.05, 0.1) is 25.3 Å². The molecule has 0 fully saturated rings. The van der Waals surface area contributed by atoms with Crippen molar-refractivity contribution in [3.05, 3.63) is 155 Å². The Morgan fingerprint density at radius 1 is 0.530 bits per heavy atom. The van der Waals surface area contributed by atoms with Crippen molar-refractivity contribution in [2.24, 2.45) is 0 Å². The predicted molar refractivity (Wildman–Crippen MR) is 255 cm³/mol. The molecule has 4 heterocycles. The third-order valence-electron chi connectivity index (χ3n) is 11.0. The minimum atomic E-state index is -0.615. The molecule has 14 heteroatoms. The topological polar surface area (TPSA) is 146 Å². The number of hydrogen-bond acceptors (Lipinski definition) is 8. The third kappa shape index (κ3) is 10.5. The Morgan fingerprint density at radius 3 is 1.27 bits per heavy atom. The number of fused-ring (bicyclic) bond motifs is 4. The molecule has 0 radical (unpaired) electrons. The van der Waals surface area contributed by atoms with Gasteiger partial charge < -0.3 is 38.7 Å². The van der Waals surface area contributed by atoms with E-state index >= 15 is 0 Å². The maximum Gasteiger partial charge on any atom is 0.416 e. The summed E-state index contributed by atoms with van der Waals surface area (Å²) in [7, 11) is 2.70. The molecule has 6 aromatic rings. The first-order chi connectivity index (χ1) is 31.6. The smallest absolute Gasteiger partial charge is 0.416 e. The molecule has 0 unspecified atom stereocenters. The lowest BCUT2D eigenvalue weighted by Crippen LogP contribution is -2.39. The quantitative estimate of drug-likeness (QED) is 0.144. The lowest BCUT2D eigenvalue weighted by atomic mass is 10.0. The second-order valence-electron chi connectivity index (χ2n) is 17.9. The highest BCUT2D eigenvalue weighted by Gasteiger charge is 2.35. The SMILES string of the molecule is COC(=O)NCCc1cn([C@@H]2c3ccccc3C=CN2C(=O)OC(C)(C)C)c2ccccc12.COC(=O)NCCc1cn([C@@H]2c3ccccc3C=CN2C(=O)OC(C)(C)C)c2ccccc12. The number of carbonyl (C=O) groups is 4. The summed E-state index contributed by atoms with van der Waals surface area (Å²) in [5.41, 5.74) is 7.01. The second kappa shape index (κ2) is 19.7. The number of ether oxygens (including phenoxy) is 4. The van der Waals surface area contributed by atoms with Crippen LogP contribution in [0.15, 0.2) is 122 Å². The number of nitrogens with zero attached hydrogens (tertiary/aromatic N) is 4. The number of para-hydroxylation sites is 2. The van der Waals surface area contributed by atoms with Gasteiger partial charge in [0, 0.05) is 59.8 Å². The summed E-state index contributed by atoms with van der Waals surface area (Å²) in [5, 5.41) is 7.61. The zero-order valence-electron chi connectivity index (χ0n) is 38.7. The highest BCUT2D eigenvalue weighted by molar-refractivity contribution is 5.86. The van der Waals surface area contributed by atoms with Gasteiger partial charge >= 0.3 is 24.4 Å². The molecule has 0 spiro atoms. The fourth-order valence-electron chi connectivity index (χ4n) is 8.20. The van der Waals surface area contributed by atoms with Crippen molar-refractivity contribution in [1.82, 2.24) is 29.6 Å². The van der Waals surface area contributed by atoms with E-state index in [1.807, 2.05) is 139 Å². The molecule has 8 rings (SSSR count). The zero-order valence-corrected chi connectivity index (χ0v) is 38.7. The van der Waals surface area contributed by atoms with Crippen LogP contribution in [-0.4, -0.2) is 81.8 Å². The highest BCUT2D eigenvalue weighted by Crippen LogP contribution is 2.38. The molecule has 344 valence electrons. The normalized spacial score (nSPS) is 15.3. The largest absolute Gasteiger partial charge is 0.453 e. The molecule has 0 bridgehead atoms. The van der Waals surface area contributed by atoms with E-state index in [-0.39, 0.29) is 0 Å². The van der Waals surface area contributed by atoms with Gasteiger partial charge in [0.25, 0.3) is 0 Å². The number of rotatable bonds is 8. The van der Waals surface area contributed by atoms with E-state index in [9.17, 15) is 19.2 Å². The molecular formula is C52H58N6O8. The van der Waals surface area contributed by atoms with Crippen molar-refractivity contribution >= 4 is 58.3 Å². The van der Waals surface area contributed by atoms with E-state index in [1.54, 1.807) is 22.2 Å². The summed E-state index contributed by atoms with van der Waals surface area (Å²) < 4.78 is 25.0. The van der Waals surface area contributed by atoms with Crippen LogP contribution < -0.4 is 10.6 Å². The van der Waals surface area contributed by atoms with Crippen LogP contribution in [0.5, 0.6) is 0 Å². The number of nitrogens with one attached hydrogen (secondary N) is 2. The van der Waals surface area contributed by atoms with Gasteiger partial charge in [-0.25, -0.2) is 19.2 Å². The predicted octanol–water partition coefficient (Wildman–Crippen LogP) is 10.6. The number of hydrogen-bond donors (Lipinski definition) is 2. The molecule has 4 aromatic carbocycles. The Balaban J connectivity index is 0.000000196. The molecule has 2 atom stereocenters. The van der Waals surface area contributed by atoms with E-state index in [4.69, 9.17) is 9.47 Å². The van der Waals surface area contributed by atoms with Gasteiger partial charge in [0.15, 0.2) is 0 Å². The van der Waals surface area contributed by atoms with Gasteiger partial charge in [-0.2, -0.15) is 0 Å². The molecule has 2 aliphatic rings. The minimum absolute atomic E-state index is 0.409. The summed E-state index contributed by atoms with van der Waals surface area (Å²) in [6, 6.07) is 32.2. The Kier molecular flexibility index (Phi) is 13.9. The fraction of sp³-hybridized carbons (Fsp3) is 0.308. The molecule has 2 aliphatic heterocycles. The Bertz CT molecular complexity index is 2600. The maximum absolute atomic E-state index is 13.2. The molecule has 0 aliphatic carbocycles. The summed E-state index contributed by atoms with van der Waals surface area (Å²) in [5.74, 6) is 0. The van der Waals surface area contributed by atoms with E-state index in [0.717, 1.165) is 55.2 Å². The van der Waals surface area contributed by atoms with E-state index in [1.165, 1.54) is 14.2 Å². The molecule has 14 nitrogen and oxygen atoms in total. The summed E-state index contributed by atoms with van der Waals surface area (Å²) in [4.78, 5) is 52.7. The van der Waals surface area contributed by atoms with Gasteiger partial charge in [-0.05, 0) is 101 Å². The molecular weight excluding hydrogens is 837 g/mol. The lowest BCUT2D eigenvalue weighted by molar-refractivity contribution is 0.0233. The number of amides is 4. The summed E-state index contributed by atoms with van der Waals surface area (Å²) >= 11 is 0. The van der Waals surface area contributed by atoms with Crippen molar-refractivity contribution in [3.8, 4) is 0 Å². The minimum Gasteiger partial charge on any atom is -0.453 e. The standard InChI is InChI=1S/2C26H29N3O4/c2*1-26(2,3)33-25(31)28-16-14-18-9-5-6-11-21(18)23(28)29-17-19(13-15-27-24(30)32-4)20-10-7-8-12-22(20)29/h2*5-12,14,16-17,23H,13,15H2,1-4H3,(H,27,30)/t2*23-/m11/s1. The number of alkyl carbamates (subject to hydrolysis) is 2. The number of benzene rings is 4. The lowest BCUT2D eigenvalue weighted by Gasteiger charge is -2.35. The average molecular weight is 895 g/mol. The average Bonchev–Trinajstić information content (AvgIpc) is 3.85. The fourth-order valence-corrected chi connectivity index (χ4v) is 8.20. The molecule has 0 saturated carbocycles. The molecule has 66 heavy (non-hydrogen) atoms. The van der Waals surface area contributed by atoms with Crippen molar-refractivity contribution in [1.29, 1.82) is 0 Å². The van der Waals surface area contributed by atoms with Crippen LogP contribution in [0.25, 0.3) is 34.0 Å². The number of carbonyl (C=O) groups excluding carboxylic acids is 4. The first kappa shape index (κ1) is 46.5. The third-order valence-corrected chi connectivity index (χ3v) is 11.0. The molecule has 2 N–H and O–H groups in total. The molecule has 0 saturated heterocycles. The Morgan fingerprint density at radius 2 is 0.894 bits per heavy atom. The summed E-state index contributed by atoms with van der Waals surface area (Å²) in [6.07, 6.45) is 10.2. The summed E-state index contributed by atoms with van der Waals surface area (Å²) in [6.45, 7) is 12.0. The van der Waals surface area contributed by atoms with Crippen LogP contribution in [0.4, 0.5) is 19.2 Å². The Labute approximate surface area is 385 Å². The van der Waals surface area contributed by atoms with Crippen LogP contribution in [0.2, 0.25) is 0 Å². The zero-order chi connectivity index (χ0) is 47.2. The Hall–Kier alpha value is -7.48. The van der Waals surface area contributed by atoms with Crippen molar-refractivity contribution in [2.45, 2.75) is 77.9 Å². The monoisotopic (exact) mass is 894 g/mol. The van der Waals surface area contributed by atoms with Gasteiger partial charge in [0.2, 0.25) is 0 Å². The van der Waals surface area contributed by atoms with Crippen molar-refractivity contribution in [3.63, 3.8) is 0 Å². The number of aromatic nitrogens is 2. The second-order valence-corrected chi connectivity index (χ2v) is 17.9. The van der Waals surface area contributed by atoms with Crippen molar-refractivity contribution in [2.75, 3.05) is 27.3 Å².